The van der Waals surface area contributed by atoms with Gasteiger partial charge in [-0.3, -0.25) is 19.3 Å². The summed E-state index contributed by atoms with van der Waals surface area (Å²) in [6.45, 7) is 0. The summed E-state index contributed by atoms with van der Waals surface area (Å²) >= 11 is 4.79. The number of carboxylic acid groups (broad SMARTS) is 2. The fourth-order valence-electron chi connectivity index (χ4n) is 3.00. The van der Waals surface area contributed by atoms with Crippen molar-refractivity contribution in [2.24, 2.45) is 10.9 Å². The number of aromatic nitrogens is 1. The van der Waals surface area contributed by atoms with Crippen molar-refractivity contribution in [1.29, 1.82) is 0 Å². The molecule has 35 heavy (non-hydrogen) atoms. The standard InChI is InChI=1S/C18H20N6O7S4/c19-7(16(27)28)4-32-2-1-3-33-9-6-34-15-11(14(26)24(15)12(9)17(29)30)22-13(25)10(23-31)8-5-35-18(20)21-8/h1,3,5,7,11,15,31H,2,4,6,19H2,(H2,20,21)(H,22,25)(H,27,28)(H,29,30)/b3-1-,23-10-/t7?,11?,15-/m1/s1. The molecule has 3 rings (SSSR count). The molecule has 17 heteroatoms. The fourth-order valence-corrected chi connectivity index (χ4v) is 6.76. The highest BCUT2D eigenvalue weighted by Gasteiger charge is 2.54. The van der Waals surface area contributed by atoms with Crippen molar-refractivity contribution in [2.45, 2.75) is 17.5 Å². The van der Waals surface area contributed by atoms with Gasteiger partial charge in [0.25, 0.3) is 11.8 Å². The average molecular weight is 561 g/mol. The predicted octanol–water partition coefficient (Wildman–Crippen LogP) is -0.00830. The molecule has 2 aliphatic heterocycles. The quantitative estimate of drug-likeness (QED) is 0.0690. The first kappa shape index (κ1) is 26.9. The van der Waals surface area contributed by atoms with Crippen molar-refractivity contribution in [1.82, 2.24) is 15.2 Å². The molecule has 1 saturated heterocycles. The first-order valence-electron chi connectivity index (χ1n) is 9.68. The van der Waals surface area contributed by atoms with Crippen LogP contribution in [-0.4, -0.2) is 89.5 Å². The zero-order chi connectivity index (χ0) is 25.7. The van der Waals surface area contributed by atoms with E-state index in [9.17, 15) is 29.5 Å². The summed E-state index contributed by atoms with van der Waals surface area (Å²) in [6.07, 6.45) is 1.75. The summed E-state index contributed by atoms with van der Waals surface area (Å²) in [6, 6.07) is -1.97. The average Bonchev–Trinajstić information content (AvgIpc) is 3.24. The monoisotopic (exact) mass is 560 g/mol. The Morgan fingerprint density at radius 3 is 2.74 bits per heavy atom. The maximum Gasteiger partial charge on any atom is 0.353 e. The Balaban J connectivity index is 1.62. The predicted molar refractivity (Wildman–Crippen MR) is 134 cm³/mol. The molecule has 0 bridgehead atoms. The molecule has 1 aromatic rings. The van der Waals surface area contributed by atoms with Crippen molar-refractivity contribution >= 4 is 81.2 Å². The van der Waals surface area contributed by atoms with Crippen LogP contribution in [0.3, 0.4) is 0 Å². The SMILES string of the molecule is Nc1nc(/C(=N/O)C(=O)NC2C(=O)N3C(C(=O)O)=C(S/C=C\CSCC(N)C(=O)O)CS[C@H]23)cs1. The van der Waals surface area contributed by atoms with Crippen LogP contribution >= 0.6 is 46.6 Å². The molecule has 2 unspecified atom stereocenters. The van der Waals surface area contributed by atoms with Crippen LogP contribution in [0.2, 0.25) is 0 Å². The molecule has 2 aliphatic rings. The van der Waals surface area contributed by atoms with Gasteiger partial charge >= 0.3 is 11.9 Å². The van der Waals surface area contributed by atoms with Gasteiger partial charge in [0.15, 0.2) is 10.8 Å². The van der Waals surface area contributed by atoms with Gasteiger partial charge in [-0.05, 0) is 5.41 Å². The van der Waals surface area contributed by atoms with Crippen molar-refractivity contribution in [3.8, 4) is 0 Å². The maximum atomic E-state index is 12.8. The number of nitrogens with two attached hydrogens (primary N) is 2. The number of amides is 2. The lowest BCUT2D eigenvalue weighted by molar-refractivity contribution is -0.150. The van der Waals surface area contributed by atoms with E-state index in [2.05, 4.69) is 15.5 Å². The summed E-state index contributed by atoms with van der Waals surface area (Å²) in [5, 5.41) is 35.8. The van der Waals surface area contributed by atoms with Crippen LogP contribution in [0, 0.1) is 0 Å². The summed E-state index contributed by atoms with van der Waals surface area (Å²) < 4.78 is 0. The zero-order valence-corrected chi connectivity index (χ0v) is 21.0. The molecule has 8 N–H and O–H groups in total. The van der Waals surface area contributed by atoms with Crippen molar-refractivity contribution in [2.75, 3.05) is 23.0 Å². The number of nitrogens with zero attached hydrogens (tertiary/aromatic N) is 3. The number of aliphatic carboxylic acids is 2. The second kappa shape index (κ2) is 11.8. The van der Waals surface area contributed by atoms with Gasteiger partial charge in [0.2, 0.25) is 0 Å². The number of β-lactam (4-membered cyclic amide) rings is 1. The Labute approximate surface area is 215 Å². The third kappa shape index (κ3) is 6.10. The number of hydrogen-bond acceptors (Lipinski definition) is 13. The van der Waals surface area contributed by atoms with Gasteiger partial charge in [0.05, 0.1) is 0 Å². The number of hydrogen-bond donors (Lipinski definition) is 6. The van der Waals surface area contributed by atoms with Crippen LogP contribution in [-0.2, 0) is 19.2 Å². The Morgan fingerprint density at radius 2 is 2.14 bits per heavy atom. The van der Waals surface area contributed by atoms with Crippen LogP contribution in [0.25, 0.3) is 0 Å². The van der Waals surface area contributed by atoms with Crippen LogP contribution in [0.4, 0.5) is 5.13 Å². The van der Waals surface area contributed by atoms with E-state index in [0.29, 0.717) is 10.7 Å². The number of nitrogen functional groups attached to an aromatic ring is 1. The van der Waals surface area contributed by atoms with E-state index in [1.807, 2.05) is 0 Å². The van der Waals surface area contributed by atoms with Gasteiger partial charge in [-0.1, -0.05) is 23.0 Å². The van der Waals surface area contributed by atoms with Crippen LogP contribution in [0.1, 0.15) is 5.69 Å². The number of nitrogens with one attached hydrogen (secondary N) is 1. The molecular weight excluding hydrogens is 541 g/mol. The van der Waals surface area contributed by atoms with Crippen molar-refractivity contribution in [3.05, 3.63) is 33.2 Å². The molecule has 1 aromatic heterocycles. The van der Waals surface area contributed by atoms with Gasteiger partial charge in [0, 0.05) is 27.5 Å². The highest BCUT2D eigenvalue weighted by molar-refractivity contribution is 8.08. The first-order chi connectivity index (χ1) is 16.6. The van der Waals surface area contributed by atoms with Gasteiger partial charge in [-0.25, -0.2) is 9.78 Å². The number of fused-ring (bicyclic) bond motifs is 1. The van der Waals surface area contributed by atoms with E-state index in [4.69, 9.17) is 16.6 Å². The third-order valence-electron chi connectivity index (χ3n) is 4.64. The van der Waals surface area contributed by atoms with E-state index in [1.54, 1.807) is 11.5 Å². The van der Waals surface area contributed by atoms with Gasteiger partial charge < -0.3 is 32.2 Å². The van der Waals surface area contributed by atoms with Crippen LogP contribution in [0.5, 0.6) is 0 Å². The molecule has 3 atom stereocenters. The molecule has 0 spiro atoms. The molecule has 0 aromatic carbocycles. The second-order valence-electron chi connectivity index (χ2n) is 6.93. The van der Waals surface area contributed by atoms with E-state index in [0.717, 1.165) is 28.0 Å². The number of rotatable bonds is 11. The molecular formula is C18H20N6O7S4. The maximum absolute atomic E-state index is 12.8. The van der Waals surface area contributed by atoms with Crippen molar-refractivity contribution < 1.29 is 34.6 Å². The zero-order valence-electron chi connectivity index (χ0n) is 17.7. The van der Waals surface area contributed by atoms with Crippen molar-refractivity contribution in [3.63, 3.8) is 0 Å². The van der Waals surface area contributed by atoms with E-state index >= 15 is 0 Å². The molecule has 188 valence electrons. The molecule has 1 fully saturated rings. The Hall–Kier alpha value is -2.73. The number of thiazole rings is 1. The number of anilines is 1. The van der Waals surface area contributed by atoms with E-state index in [1.165, 1.54) is 28.9 Å². The lowest BCUT2D eigenvalue weighted by Gasteiger charge is -2.49. The molecule has 0 aliphatic carbocycles. The second-order valence-corrected chi connectivity index (χ2v) is 11.0. The normalized spacial score (nSPS) is 21.0. The molecule has 0 radical (unpaired) electrons. The van der Waals surface area contributed by atoms with Gasteiger partial charge in [0.1, 0.15) is 28.8 Å². The highest BCUT2D eigenvalue weighted by atomic mass is 32.2. The minimum Gasteiger partial charge on any atom is -0.480 e. The number of carbonyl (C=O) groups is 4. The molecule has 0 saturated carbocycles. The minimum absolute atomic E-state index is 0.0483. The number of carbonyl (C=O) groups excluding carboxylic acids is 2. The largest absolute Gasteiger partial charge is 0.480 e. The lowest BCUT2D eigenvalue weighted by Crippen LogP contribution is -2.71. The first-order valence-corrected chi connectivity index (χ1v) is 13.6. The van der Waals surface area contributed by atoms with E-state index in [-0.39, 0.29) is 28.0 Å². The van der Waals surface area contributed by atoms with Gasteiger partial charge in [-0.15, -0.1) is 23.1 Å². The molecule has 3 heterocycles. The summed E-state index contributed by atoms with van der Waals surface area (Å²) in [4.78, 5) is 53.4. The highest BCUT2D eigenvalue weighted by Crippen LogP contribution is 2.43. The van der Waals surface area contributed by atoms with Crippen LogP contribution < -0.4 is 16.8 Å². The smallest absolute Gasteiger partial charge is 0.353 e. The van der Waals surface area contributed by atoms with Gasteiger partial charge in [-0.2, -0.15) is 11.8 Å². The Bertz CT molecular complexity index is 1120. The van der Waals surface area contributed by atoms with E-state index < -0.39 is 46.9 Å². The Kier molecular flexibility index (Phi) is 9.06. The topological polar surface area (TPSA) is 222 Å². The summed E-state index contributed by atoms with van der Waals surface area (Å²) in [5.74, 6) is -2.81. The van der Waals surface area contributed by atoms with Crippen LogP contribution in [0.15, 0.2) is 32.6 Å². The number of thioether (sulfide) groups is 3. The third-order valence-corrected chi connectivity index (χ3v) is 8.75. The summed E-state index contributed by atoms with van der Waals surface area (Å²) in [5.41, 5.74) is 10.4. The Morgan fingerprint density at radius 1 is 1.40 bits per heavy atom. The number of carboxylic acids is 2. The molecule has 2 amide bonds. The fraction of sp³-hybridized carbons (Fsp3) is 0.333. The lowest BCUT2D eigenvalue weighted by atomic mass is 10.0. The minimum atomic E-state index is -1.28. The summed E-state index contributed by atoms with van der Waals surface area (Å²) in [7, 11) is 0. The number of oxime groups is 1. The molecule has 13 nitrogen and oxygen atoms in total.